The Balaban J connectivity index is 0.761. The van der Waals surface area contributed by atoms with E-state index in [-0.39, 0.29) is 89.5 Å². The van der Waals surface area contributed by atoms with Gasteiger partial charge in [-0.25, -0.2) is 15.0 Å². The number of nitrogens with zero attached hydrogens (tertiary/aromatic N) is 7. The molecule has 22 heteroatoms. The van der Waals surface area contributed by atoms with Crippen molar-refractivity contribution >= 4 is 74.1 Å². The summed E-state index contributed by atoms with van der Waals surface area (Å²) in [7, 11) is 0. The lowest BCUT2D eigenvalue weighted by molar-refractivity contribution is -0.141. The highest BCUT2D eigenvalue weighted by Gasteiger charge is 2.36. The van der Waals surface area contributed by atoms with Crippen LogP contribution in [0.4, 0.5) is 41.4 Å². The molecule has 0 atom stereocenters. The van der Waals surface area contributed by atoms with Gasteiger partial charge in [0.2, 0.25) is 17.8 Å². The molecule has 3 amide bonds. The summed E-state index contributed by atoms with van der Waals surface area (Å²) in [5, 5.41) is 11.5. The van der Waals surface area contributed by atoms with Crippen LogP contribution in [0.2, 0.25) is 0 Å². The molecule has 1 saturated heterocycles. The van der Waals surface area contributed by atoms with Gasteiger partial charge in [-0.2, -0.15) is 18.2 Å². The lowest BCUT2D eigenvalue weighted by atomic mass is 10.0. The molecule has 18 nitrogen and oxygen atoms in total. The van der Waals surface area contributed by atoms with Gasteiger partial charge in [0.1, 0.15) is 11.5 Å². The van der Waals surface area contributed by atoms with Crippen molar-refractivity contribution < 1.29 is 41.8 Å². The van der Waals surface area contributed by atoms with E-state index in [0.717, 1.165) is 31.4 Å². The van der Waals surface area contributed by atoms with Crippen LogP contribution in [-0.2, 0) is 25.2 Å². The molecule has 0 bridgehead atoms. The highest BCUT2D eigenvalue weighted by molar-refractivity contribution is 7.15. The van der Waals surface area contributed by atoms with E-state index < -0.39 is 23.7 Å². The van der Waals surface area contributed by atoms with Crippen LogP contribution in [0.3, 0.4) is 0 Å². The van der Waals surface area contributed by atoms with Gasteiger partial charge in [-0.3, -0.25) is 38.8 Å². The number of piperazine rings is 1. The number of hydrogen-bond acceptors (Lipinski definition) is 15. The smallest absolute Gasteiger partial charge is 0.379 e. The molecule has 5 heterocycles. The molecule has 0 radical (unpaired) electrons. The lowest BCUT2D eigenvalue weighted by Gasteiger charge is -2.35. The van der Waals surface area contributed by atoms with Gasteiger partial charge in [0, 0.05) is 55.2 Å². The number of thiazole rings is 1. The predicted molar refractivity (Wildman–Crippen MR) is 246 cm³/mol. The molecule has 2 aliphatic rings. The molecular weight excluding hydrogens is 896 g/mol. The van der Waals surface area contributed by atoms with Crippen LogP contribution in [0.25, 0.3) is 11.0 Å². The van der Waals surface area contributed by atoms with Crippen molar-refractivity contribution in [3.63, 3.8) is 0 Å². The summed E-state index contributed by atoms with van der Waals surface area (Å²) in [6.07, 6.45) is 2.50. The standard InChI is InChI=1S/C45H52F3N11O7S/c1-27-33-25-51-43(55-40(33)59(30-8-4-5-9-30)42(64)38(27)28(2)60)53-35-13-12-31(24-50-35)58-18-16-57(17-19-58)26-37(62)49-15-21-66-23-22-65-20-14-36(61)52-34-11-7-6-10-32(34)41(63)56-44-54-39(29(3)67-44)45(46,47)48/h6-7,10-13,24-25,30H,4-5,8-9,14-23,26H2,1-3H3,(H,49,62)(H,52,61)(H,54,56,63)(H,50,51,53,55). The normalized spacial score (nSPS) is 14.6. The monoisotopic (exact) mass is 947 g/mol. The Bertz CT molecular complexity index is 2650. The molecule has 67 heavy (non-hydrogen) atoms. The van der Waals surface area contributed by atoms with E-state index in [1.54, 1.807) is 36.0 Å². The minimum Gasteiger partial charge on any atom is -0.379 e. The second kappa shape index (κ2) is 22.0. The van der Waals surface area contributed by atoms with Gasteiger partial charge >= 0.3 is 6.18 Å². The first kappa shape index (κ1) is 48.6. The average Bonchev–Trinajstić information content (AvgIpc) is 3.96. The van der Waals surface area contributed by atoms with E-state index in [0.29, 0.717) is 72.4 Å². The quantitative estimate of drug-likeness (QED) is 0.0561. The highest BCUT2D eigenvalue weighted by atomic mass is 32.1. The first-order valence-corrected chi connectivity index (χ1v) is 22.8. The van der Waals surface area contributed by atoms with Crippen molar-refractivity contribution in [3.05, 3.63) is 86.4 Å². The summed E-state index contributed by atoms with van der Waals surface area (Å²) < 4.78 is 52.1. The maximum absolute atomic E-state index is 13.6. The zero-order chi connectivity index (χ0) is 47.7. The average molecular weight is 948 g/mol. The molecule has 4 aromatic heterocycles. The Kier molecular flexibility index (Phi) is 15.9. The number of alkyl halides is 3. The molecular formula is C45H52F3N11O7S. The summed E-state index contributed by atoms with van der Waals surface area (Å²) >= 11 is 0.703. The van der Waals surface area contributed by atoms with Crippen LogP contribution in [0.15, 0.2) is 53.6 Å². The number of amides is 3. The van der Waals surface area contributed by atoms with Crippen molar-refractivity contribution in [2.75, 3.05) is 86.5 Å². The first-order valence-electron chi connectivity index (χ1n) is 22.0. The Morgan fingerprint density at radius 3 is 2.28 bits per heavy atom. The molecule has 356 valence electrons. The number of para-hydroxylation sites is 1. The van der Waals surface area contributed by atoms with Crippen LogP contribution in [0.5, 0.6) is 0 Å². The van der Waals surface area contributed by atoms with E-state index in [2.05, 4.69) is 46.0 Å². The van der Waals surface area contributed by atoms with Crippen LogP contribution in [-0.4, -0.2) is 119 Å². The van der Waals surface area contributed by atoms with Gasteiger partial charge in [-0.1, -0.05) is 25.0 Å². The number of fused-ring (bicyclic) bond motifs is 1. The predicted octanol–water partition coefficient (Wildman–Crippen LogP) is 5.89. The number of rotatable bonds is 19. The van der Waals surface area contributed by atoms with Gasteiger partial charge in [0.25, 0.3) is 11.5 Å². The zero-order valence-electron chi connectivity index (χ0n) is 37.3. The molecule has 2 fully saturated rings. The van der Waals surface area contributed by atoms with Crippen LogP contribution < -0.4 is 31.7 Å². The van der Waals surface area contributed by atoms with Crippen molar-refractivity contribution in [2.45, 2.75) is 65.1 Å². The second-order valence-corrected chi connectivity index (χ2v) is 17.4. The minimum atomic E-state index is -4.64. The van der Waals surface area contributed by atoms with Gasteiger partial charge < -0.3 is 30.3 Å². The van der Waals surface area contributed by atoms with Crippen LogP contribution >= 0.6 is 11.3 Å². The summed E-state index contributed by atoms with van der Waals surface area (Å²) in [5.74, 6) is -0.699. The number of Topliss-reactive ketones (excluding diaryl/α,β-unsaturated/α-hetero) is 1. The molecule has 4 N–H and O–H groups in total. The van der Waals surface area contributed by atoms with E-state index in [1.165, 1.54) is 26.0 Å². The number of aryl methyl sites for hydroxylation is 2. The SMILES string of the molecule is CC(=O)c1c(C)c2cnc(Nc3ccc(N4CCN(CC(=O)NCCOCCOCCC(=O)Nc5ccccc5C(=O)Nc5nc(C(F)(F)F)c(C)s5)CC4)cn3)nc2n(C2CCCC2)c1=O. The van der Waals surface area contributed by atoms with E-state index in [9.17, 15) is 37.1 Å². The number of pyridine rings is 2. The van der Waals surface area contributed by atoms with Gasteiger partial charge in [0.15, 0.2) is 16.6 Å². The van der Waals surface area contributed by atoms with Crippen molar-refractivity contribution in [1.82, 2.24) is 34.7 Å². The molecule has 1 aromatic carbocycles. The number of benzene rings is 1. The Morgan fingerprint density at radius 1 is 0.866 bits per heavy atom. The van der Waals surface area contributed by atoms with Gasteiger partial charge in [0.05, 0.1) is 68.1 Å². The minimum absolute atomic E-state index is 0.0212. The van der Waals surface area contributed by atoms with E-state index in [4.69, 9.17) is 14.5 Å². The number of ether oxygens (including phenoxy) is 2. The fourth-order valence-electron chi connectivity index (χ4n) is 8.12. The molecule has 1 saturated carbocycles. The Morgan fingerprint density at radius 2 is 1.60 bits per heavy atom. The van der Waals surface area contributed by atoms with Gasteiger partial charge in [-0.05, 0) is 63.4 Å². The number of carbonyl (C=O) groups excluding carboxylic acids is 4. The largest absolute Gasteiger partial charge is 0.434 e. The van der Waals surface area contributed by atoms with Gasteiger partial charge in [-0.15, -0.1) is 11.3 Å². The van der Waals surface area contributed by atoms with Crippen LogP contribution in [0, 0.1) is 13.8 Å². The number of nitrogens with one attached hydrogen (secondary N) is 4. The number of hydrogen-bond donors (Lipinski definition) is 4. The first-order chi connectivity index (χ1) is 32.2. The Hall–Kier alpha value is -6.36. The molecule has 1 aliphatic heterocycles. The third-order valence-electron chi connectivity index (χ3n) is 11.5. The van der Waals surface area contributed by atoms with E-state index in [1.807, 2.05) is 12.1 Å². The molecule has 5 aromatic rings. The number of aromatic nitrogens is 5. The number of ketones is 1. The topological polar surface area (TPSA) is 215 Å². The fourth-order valence-corrected chi connectivity index (χ4v) is 8.95. The lowest BCUT2D eigenvalue weighted by Crippen LogP contribution is -2.49. The number of halogens is 3. The Labute approximate surface area is 387 Å². The summed E-state index contributed by atoms with van der Waals surface area (Å²) in [5.41, 5.74) is 1.08. The van der Waals surface area contributed by atoms with Crippen LogP contribution in [0.1, 0.15) is 81.9 Å². The molecule has 0 spiro atoms. The third-order valence-corrected chi connectivity index (χ3v) is 12.4. The highest BCUT2D eigenvalue weighted by Crippen LogP contribution is 2.36. The number of carbonyl (C=O) groups is 4. The summed E-state index contributed by atoms with van der Waals surface area (Å²) in [6, 6.07) is 9.89. The second-order valence-electron chi connectivity index (χ2n) is 16.2. The summed E-state index contributed by atoms with van der Waals surface area (Å²) in [6.45, 7) is 8.58. The van der Waals surface area contributed by atoms with Crippen molar-refractivity contribution in [3.8, 4) is 0 Å². The third kappa shape index (κ3) is 12.4. The molecule has 7 rings (SSSR count). The van der Waals surface area contributed by atoms with Crippen molar-refractivity contribution in [1.29, 1.82) is 0 Å². The maximum atomic E-state index is 13.6. The fraction of sp³-hybridized carbons (Fsp3) is 0.444. The molecule has 1 aliphatic carbocycles. The maximum Gasteiger partial charge on any atom is 0.434 e. The summed E-state index contributed by atoms with van der Waals surface area (Å²) in [4.78, 5) is 85.6. The number of anilines is 5. The molecule has 0 unspecified atom stereocenters. The van der Waals surface area contributed by atoms with E-state index >= 15 is 0 Å². The zero-order valence-corrected chi connectivity index (χ0v) is 38.1. The van der Waals surface area contributed by atoms with Crippen molar-refractivity contribution in [2.24, 2.45) is 0 Å².